The van der Waals surface area contributed by atoms with Gasteiger partial charge in [-0.05, 0) is 26.2 Å². The van der Waals surface area contributed by atoms with E-state index >= 15 is 0 Å². The average Bonchev–Trinajstić information content (AvgIpc) is 2.54. The fraction of sp³-hybridized carbons (Fsp3) is 0.917. The highest BCUT2D eigenvalue weighted by atomic mass is 32.2. The molecule has 2 N–H and O–H groups in total. The molecule has 0 aromatic carbocycles. The van der Waals surface area contributed by atoms with Gasteiger partial charge in [0, 0.05) is 5.92 Å². The maximum absolute atomic E-state index is 11.5. The van der Waals surface area contributed by atoms with Gasteiger partial charge in [0.2, 0.25) is 0 Å². The Morgan fingerprint density at radius 2 is 1.94 bits per heavy atom. The summed E-state index contributed by atoms with van der Waals surface area (Å²) >= 11 is 0. The number of hydrogen-bond acceptors (Lipinski definition) is 3. The van der Waals surface area contributed by atoms with Crippen molar-refractivity contribution in [2.45, 2.75) is 51.0 Å². The third-order valence-corrected chi connectivity index (χ3v) is 5.79. The summed E-state index contributed by atoms with van der Waals surface area (Å²) in [4.78, 5) is 4.54. The summed E-state index contributed by atoms with van der Waals surface area (Å²) in [6.07, 6.45) is 6.56. The van der Waals surface area contributed by atoms with Crippen molar-refractivity contribution < 1.29 is 8.42 Å². The Morgan fingerprint density at radius 3 is 2.47 bits per heavy atom. The van der Waals surface area contributed by atoms with Crippen LogP contribution in [-0.4, -0.2) is 31.3 Å². The largest absolute Gasteiger partial charge is 0.387 e. The van der Waals surface area contributed by atoms with Gasteiger partial charge in [-0.1, -0.05) is 19.3 Å². The van der Waals surface area contributed by atoms with Gasteiger partial charge in [0.1, 0.15) is 0 Å². The number of nitrogens with zero attached hydrogens (tertiary/aromatic N) is 1. The molecule has 2 rings (SSSR count). The molecule has 17 heavy (non-hydrogen) atoms. The molecule has 4 nitrogen and oxygen atoms in total. The molecule has 0 aromatic rings. The van der Waals surface area contributed by atoms with Crippen LogP contribution in [0.25, 0.3) is 0 Å². The molecular weight excluding hydrogens is 236 g/mol. The lowest BCUT2D eigenvalue weighted by atomic mass is 9.88. The Labute approximate surface area is 104 Å². The van der Waals surface area contributed by atoms with Crippen molar-refractivity contribution in [1.82, 2.24) is 0 Å². The van der Waals surface area contributed by atoms with Crippen molar-refractivity contribution in [2.75, 3.05) is 11.5 Å². The van der Waals surface area contributed by atoms with Crippen molar-refractivity contribution >= 4 is 15.7 Å². The molecule has 1 aliphatic carbocycles. The van der Waals surface area contributed by atoms with Crippen LogP contribution in [0.2, 0.25) is 0 Å². The van der Waals surface area contributed by atoms with Gasteiger partial charge in [-0.2, -0.15) is 0 Å². The first-order chi connectivity index (χ1) is 7.90. The molecule has 2 aliphatic rings. The molecule has 5 heteroatoms. The summed E-state index contributed by atoms with van der Waals surface area (Å²) in [5.74, 6) is 1.48. The van der Waals surface area contributed by atoms with Gasteiger partial charge in [0.25, 0.3) is 0 Å². The van der Waals surface area contributed by atoms with Crippen LogP contribution in [0.4, 0.5) is 0 Å². The van der Waals surface area contributed by atoms with E-state index in [4.69, 9.17) is 5.73 Å². The Morgan fingerprint density at radius 1 is 1.29 bits per heavy atom. The number of amidine groups is 1. The lowest BCUT2D eigenvalue weighted by Gasteiger charge is -2.24. The van der Waals surface area contributed by atoms with E-state index in [1.54, 1.807) is 0 Å². The highest BCUT2D eigenvalue weighted by Crippen LogP contribution is 2.29. The summed E-state index contributed by atoms with van der Waals surface area (Å²) in [5, 5.41) is 0. The molecule has 1 atom stereocenters. The summed E-state index contributed by atoms with van der Waals surface area (Å²) in [7, 11) is -2.89. The normalized spacial score (nSPS) is 35.0. The first-order valence-electron chi connectivity index (χ1n) is 6.46. The van der Waals surface area contributed by atoms with Crippen LogP contribution >= 0.6 is 0 Å². The molecule has 1 unspecified atom stereocenters. The first kappa shape index (κ1) is 12.9. The second kappa shape index (κ2) is 4.59. The maximum atomic E-state index is 11.5. The Kier molecular flexibility index (Phi) is 3.48. The van der Waals surface area contributed by atoms with E-state index in [1.807, 2.05) is 6.92 Å². The third kappa shape index (κ3) is 3.21. The number of sulfone groups is 1. The van der Waals surface area contributed by atoms with Crippen molar-refractivity contribution in [3.05, 3.63) is 0 Å². The zero-order valence-electron chi connectivity index (χ0n) is 10.5. The first-order valence-corrected chi connectivity index (χ1v) is 8.28. The SMILES string of the molecule is CC1(N=C(N)C2CCCCC2)CCS(=O)(=O)C1. The Balaban J connectivity index is 2.07. The third-order valence-electron chi connectivity index (χ3n) is 3.90. The molecule has 0 amide bonds. The molecular formula is C12H22N2O2S. The molecule has 1 heterocycles. The fourth-order valence-electron chi connectivity index (χ4n) is 2.88. The van der Waals surface area contributed by atoms with Gasteiger partial charge >= 0.3 is 0 Å². The summed E-state index contributed by atoms with van der Waals surface area (Å²) in [5.41, 5.74) is 5.59. The molecule has 1 saturated carbocycles. The average molecular weight is 258 g/mol. The van der Waals surface area contributed by atoms with Gasteiger partial charge < -0.3 is 5.73 Å². The van der Waals surface area contributed by atoms with Crippen LogP contribution in [0.5, 0.6) is 0 Å². The minimum Gasteiger partial charge on any atom is -0.387 e. The van der Waals surface area contributed by atoms with E-state index < -0.39 is 15.4 Å². The minimum absolute atomic E-state index is 0.160. The standard InChI is InChI=1S/C12H22N2O2S/c1-12(7-8-17(15,16)9-12)14-11(13)10-5-3-2-4-6-10/h10H,2-9H2,1H3,(H2,13,14). The van der Waals surface area contributed by atoms with Crippen LogP contribution in [0.15, 0.2) is 4.99 Å². The van der Waals surface area contributed by atoms with E-state index in [-0.39, 0.29) is 11.5 Å². The molecule has 0 radical (unpaired) electrons. The Bertz CT molecular complexity index is 410. The van der Waals surface area contributed by atoms with Crippen LogP contribution < -0.4 is 5.73 Å². The van der Waals surface area contributed by atoms with Crippen molar-refractivity contribution in [2.24, 2.45) is 16.6 Å². The van der Waals surface area contributed by atoms with Gasteiger partial charge in [-0.15, -0.1) is 0 Å². The fourth-order valence-corrected chi connectivity index (χ4v) is 4.93. The summed E-state index contributed by atoms with van der Waals surface area (Å²) in [6.45, 7) is 1.91. The van der Waals surface area contributed by atoms with E-state index in [0.717, 1.165) is 12.8 Å². The monoisotopic (exact) mass is 258 g/mol. The van der Waals surface area contributed by atoms with E-state index in [1.165, 1.54) is 19.3 Å². The predicted octanol–water partition coefficient (Wildman–Crippen LogP) is 1.50. The highest BCUT2D eigenvalue weighted by molar-refractivity contribution is 7.91. The van der Waals surface area contributed by atoms with Crippen molar-refractivity contribution in [3.63, 3.8) is 0 Å². The molecule has 2 fully saturated rings. The second-order valence-corrected chi connectivity index (χ2v) is 7.89. The van der Waals surface area contributed by atoms with E-state index in [2.05, 4.69) is 4.99 Å². The maximum Gasteiger partial charge on any atom is 0.152 e. The minimum atomic E-state index is -2.89. The second-order valence-electron chi connectivity index (χ2n) is 5.71. The summed E-state index contributed by atoms with van der Waals surface area (Å²) in [6, 6.07) is 0. The molecule has 0 spiro atoms. The molecule has 0 aromatic heterocycles. The highest BCUT2D eigenvalue weighted by Gasteiger charge is 2.38. The van der Waals surface area contributed by atoms with Gasteiger partial charge in [0.15, 0.2) is 9.84 Å². The van der Waals surface area contributed by atoms with Crippen molar-refractivity contribution in [3.8, 4) is 0 Å². The van der Waals surface area contributed by atoms with E-state index in [9.17, 15) is 8.42 Å². The molecule has 98 valence electrons. The van der Waals surface area contributed by atoms with Crippen LogP contribution in [0.1, 0.15) is 45.4 Å². The zero-order chi connectivity index (χ0) is 12.5. The topological polar surface area (TPSA) is 72.5 Å². The predicted molar refractivity (Wildman–Crippen MR) is 69.9 cm³/mol. The van der Waals surface area contributed by atoms with Crippen molar-refractivity contribution in [1.29, 1.82) is 0 Å². The molecule has 1 saturated heterocycles. The number of rotatable bonds is 2. The van der Waals surface area contributed by atoms with Gasteiger partial charge in [-0.3, -0.25) is 4.99 Å². The zero-order valence-corrected chi connectivity index (χ0v) is 11.3. The van der Waals surface area contributed by atoms with Gasteiger partial charge in [0.05, 0.1) is 22.9 Å². The van der Waals surface area contributed by atoms with Crippen LogP contribution in [0.3, 0.4) is 0 Å². The number of hydrogen-bond donors (Lipinski definition) is 1. The molecule has 1 aliphatic heterocycles. The van der Waals surface area contributed by atoms with E-state index in [0.29, 0.717) is 18.2 Å². The number of aliphatic imine (C=N–C) groups is 1. The number of nitrogens with two attached hydrogens (primary N) is 1. The quantitative estimate of drug-likeness (QED) is 0.602. The molecule has 0 bridgehead atoms. The van der Waals surface area contributed by atoms with Crippen LogP contribution in [-0.2, 0) is 9.84 Å². The summed E-state index contributed by atoms with van der Waals surface area (Å²) < 4.78 is 23.0. The lowest BCUT2D eigenvalue weighted by molar-refractivity contribution is 0.430. The smallest absolute Gasteiger partial charge is 0.152 e. The van der Waals surface area contributed by atoms with Gasteiger partial charge in [-0.25, -0.2) is 8.42 Å². The Hall–Kier alpha value is -0.580. The van der Waals surface area contributed by atoms with Crippen LogP contribution in [0, 0.1) is 5.92 Å². The lowest BCUT2D eigenvalue weighted by Crippen LogP contribution is -2.33.